The molecule has 0 atom stereocenters. The molecule has 29 heavy (non-hydrogen) atoms. The Balaban J connectivity index is 1.83. The van der Waals surface area contributed by atoms with Crippen molar-refractivity contribution in [3.05, 3.63) is 59.2 Å². The van der Waals surface area contributed by atoms with Crippen LogP contribution in [0.15, 0.2) is 52.4 Å². The Morgan fingerprint density at radius 3 is 2.76 bits per heavy atom. The van der Waals surface area contributed by atoms with Crippen LogP contribution < -0.4 is 15.8 Å². The van der Waals surface area contributed by atoms with Gasteiger partial charge in [0.2, 0.25) is 5.95 Å². The Labute approximate surface area is 173 Å². The molecule has 0 aliphatic carbocycles. The van der Waals surface area contributed by atoms with Crippen LogP contribution in [0.3, 0.4) is 0 Å². The van der Waals surface area contributed by atoms with E-state index in [2.05, 4.69) is 15.3 Å². The molecule has 1 aromatic heterocycles. The highest BCUT2D eigenvalue weighted by atomic mass is 32.2. The van der Waals surface area contributed by atoms with Crippen molar-refractivity contribution in [1.29, 1.82) is 0 Å². The number of hydrogen-bond donors (Lipinski definition) is 2. The lowest BCUT2D eigenvalue weighted by Crippen LogP contribution is -2.26. The van der Waals surface area contributed by atoms with Gasteiger partial charge in [-0.2, -0.15) is 0 Å². The zero-order valence-corrected chi connectivity index (χ0v) is 17.2. The predicted octanol–water partition coefficient (Wildman–Crippen LogP) is 4.01. The van der Waals surface area contributed by atoms with E-state index in [1.54, 1.807) is 0 Å². The van der Waals surface area contributed by atoms with Crippen LogP contribution in [0.5, 0.6) is 5.75 Å². The monoisotopic (exact) mass is 406 g/mol. The third-order valence-electron chi connectivity index (χ3n) is 4.72. The molecule has 2 heterocycles. The third-order valence-corrected chi connectivity index (χ3v) is 5.62. The van der Waals surface area contributed by atoms with Gasteiger partial charge >= 0.3 is 0 Å². The van der Waals surface area contributed by atoms with Gasteiger partial charge in [0.1, 0.15) is 10.8 Å². The number of fused-ring (bicyclic) bond motifs is 7. The van der Waals surface area contributed by atoms with Crippen molar-refractivity contribution in [1.82, 2.24) is 15.3 Å². The van der Waals surface area contributed by atoms with Gasteiger partial charge in [-0.3, -0.25) is 4.79 Å². The molecular formula is C22H22N4O2S. The molecule has 148 valence electrons. The number of aromatic nitrogens is 2. The lowest BCUT2D eigenvalue weighted by Gasteiger charge is -2.14. The number of hydrogen-bond acceptors (Lipinski definition) is 6. The number of nitrogen functional groups attached to an aromatic ring is 1. The van der Waals surface area contributed by atoms with E-state index in [-0.39, 0.29) is 11.9 Å². The molecular weight excluding hydrogens is 384 g/mol. The number of carbonyl (C=O) groups excluding carboxylic acids is 1. The van der Waals surface area contributed by atoms with E-state index in [0.29, 0.717) is 24.4 Å². The van der Waals surface area contributed by atoms with Gasteiger partial charge in [-0.25, -0.2) is 9.97 Å². The van der Waals surface area contributed by atoms with Gasteiger partial charge in [0.25, 0.3) is 5.91 Å². The normalized spacial score (nSPS) is 14.1. The minimum Gasteiger partial charge on any atom is -0.493 e. The number of nitrogens with two attached hydrogens (primary N) is 1. The second-order valence-electron chi connectivity index (χ2n) is 6.97. The Bertz CT molecular complexity index is 1080. The Kier molecular flexibility index (Phi) is 5.40. The molecule has 0 saturated heterocycles. The van der Waals surface area contributed by atoms with Gasteiger partial charge in [-0.05, 0) is 61.7 Å². The van der Waals surface area contributed by atoms with Gasteiger partial charge < -0.3 is 15.8 Å². The lowest BCUT2D eigenvalue weighted by molar-refractivity contribution is 0.0951. The second-order valence-corrected chi connectivity index (χ2v) is 8.06. The first-order chi connectivity index (χ1) is 14.0. The number of rotatable bonds is 0. The Morgan fingerprint density at radius 2 is 1.90 bits per heavy atom. The number of ether oxygens (including phenoxy) is 1. The molecule has 0 unspecified atom stereocenters. The van der Waals surface area contributed by atoms with E-state index < -0.39 is 0 Å². The molecule has 1 aliphatic heterocycles. The fourth-order valence-corrected chi connectivity index (χ4v) is 4.19. The summed E-state index contributed by atoms with van der Waals surface area (Å²) in [6.07, 6.45) is 0.722. The number of aryl methyl sites for hydroxylation is 2. The molecule has 1 aliphatic rings. The molecule has 0 saturated carbocycles. The van der Waals surface area contributed by atoms with Crippen LogP contribution in [0.4, 0.5) is 5.95 Å². The lowest BCUT2D eigenvalue weighted by atomic mass is 9.97. The third kappa shape index (κ3) is 4.35. The molecule has 3 aromatic rings. The zero-order valence-electron chi connectivity index (χ0n) is 16.4. The molecule has 6 bridgehead atoms. The van der Waals surface area contributed by atoms with E-state index in [0.717, 1.165) is 38.8 Å². The summed E-state index contributed by atoms with van der Waals surface area (Å²) < 4.78 is 5.82. The number of carbonyl (C=O) groups is 1. The highest BCUT2D eigenvalue weighted by Gasteiger charge is 2.15. The van der Waals surface area contributed by atoms with Crippen molar-refractivity contribution in [2.75, 3.05) is 18.9 Å². The number of nitrogens with one attached hydrogen (secondary N) is 1. The maximum Gasteiger partial charge on any atom is 0.251 e. The standard InChI is InChI=1S/C22H22N4O2S/c1-13-9-14(2)18-11-17(13)19-12-20(26-22(23)25-19)29-16-6-3-5-15(10-16)28-8-4-7-24-21(18)27/h3,5-6,9-12H,4,7-8H2,1-2H3,(H,24,27)(H2,23,25,26). The number of amides is 1. The van der Waals surface area contributed by atoms with Gasteiger partial charge in [0, 0.05) is 22.6 Å². The van der Waals surface area contributed by atoms with Crippen molar-refractivity contribution < 1.29 is 9.53 Å². The molecule has 0 radical (unpaired) electrons. The van der Waals surface area contributed by atoms with E-state index in [9.17, 15) is 4.79 Å². The summed E-state index contributed by atoms with van der Waals surface area (Å²) >= 11 is 1.50. The highest BCUT2D eigenvalue weighted by Crippen LogP contribution is 2.33. The first-order valence-corrected chi connectivity index (χ1v) is 10.3. The maximum absolute atomic E-state index is 12.7. The van der Waals surface area contributed by atoms with Crippen LogP contribution in [0, 0.1) is 13.8 Å². The Hall–Kier alpha value is -3.06. The van der Waals surface area contributed by atoms with Crippen LogP contribution in [0.2, 0.25) is 0 Å². The van der Waals surface area contributed by atoms with E-state index in [1.807, 2.05) is 56.3 Å². The molecule has 3 N–H and O–H groups in total. The summed E-state index contributed by atoms with van der Waals surface area (Å²) in [5.41, 5.74) is 10.2. The van der Waals surface area contributed by atoms with Crippen molar-refractivity contribution in [2.24, 2.45) is 0 Å². The summed E-state index contributed by atoms with van der Waals surface area (Å²) in [5.74, 6) is 0.881. The van der Waals surface area contributed by atoms with Crippen LogP contribution >= 0.6 is 11.8 Å². The molecule has 0 spiro atoms. The summed E-state index contributed by atoms with van der Waals surface area (Å²) in [5, 5.41) is 3.72. The number of benzene rings is 2. The number of nitrogens with zero attached hydrogens (tertiary/aromatic N) is 2. The smallest absolute Gasteiger partial charge is 0.251 e. The second kappa shape index (κ2) is 8.13. The zero-order chi connectivity index (χ0) is 20.4. The largest absolute Gasteiger partial charge is 0.493 e. The van der Waals surface area contributed by atoms with Crippen LogP contribution in [0.25, 0.3) is 11.3 Å². The highest BCUT2D eigenvalue weighted by molar-refractivity contribution is 7.99. The van der Waals surface area contributed by atoms with Crippen molar-refractivity contribution in [3.8, 4) is 17.0 Å². The van der Waals surface area contributed by atoms with Gasteiger partial charge in [-0.1, -0.05) is 23.9 Å². The fraction of sp³-hybridized carbons (Fsp3) is 0.227. The van der Waals surface area contributed by atoms with Crippen molar-refractivity contribution >= 4 is 23.6 Å². The van der Waals surface area contributed by atoms with Crippen LogP contribution in [-0.4, -0.2) is 29.0 Å². The topological polar surface area (TPSA) is 90.1 Å². The summed E-state index contributed by atoms with van der Waals surface area (Å²) in [6.45, 7) is 5.02. The first-order valence-electron chi connectivity index (χ1n) is 9.45. The van der Waals surface area contributed by atoms with Crippen molar-refractivity contribution in [3.63, 3.8) is 0 Å². The molecule has 4 rings (SSSR count). The molecule has 7 heteroatoms. The van der Waals surface area contributed by atoms with Crippen molar-refractivity contribution in [2.45, 2.75) is 30.2 Å². The minimum absolute atomic E-state index is 0.102. The first kappa shape index (κ1) is 19.3. The van der Waals surface area contributed by atoms with Gasteiger partial charge in [0.15, 0.2) is 0 Å². The van der Waals surface area contributed by atoms with E-state index in [1.165, 1.54) is 11.8 Å². The average molecular weight is 407 g/mol. The molecule has 0 fully saturated rings. The Morgan fingerprint density at radius 1 is 1.07 bits per heavy atom. The maximum atomic E-state index is 12.7. The molecule has 1 amide bonds. The van der Waals surface area contributed by atoms with Crippen LogP contribution in [0.1, 0.15) is 27.9 Å². The SMILES string of the molecule is Cc1cc(C)c2cc1C(=O)NCCCOc1cccc(c1)Sc1cc-2nc(N)n1. The predicted molar refractivity (Wildman–Crippen MR) is 114 cm³/mol. The van der Waals surface area contributed by atoms with Gasteiger partial charge in [-0.15, -0.1) is 0 Å². The van der Waals surface area contributed by atoms with E-state index >= 15 is 0 Å². The van der Waals surface area contributed by atoms with Gasteiger partial charge in [0.05, 0.1) is 12.3 Å². The minimum atomic E-state index is -0.102. The molecule has 6 nitrogen and oxygen atoms in total. The fourth-order valence-electron chi connectivity index (χ4n) is 3.31. The molecule has 2 aromatic carbocycles. The average Bonchev–Trinajstić information content (AvgIpc) is 2.67. The van der Waals surface area contributed by atoms with Crippen LogP contribution in [-0.2, 0) is 0 Å². The quantitative estimate of drug-likeness (QED) is 0.548. The van der Waals surface area contributed by atoms with E-state index in [4.69, 9.17) is 10.5 Å². The summed E-state index contributed by atoms with van der Waals surface area (Å²) in [6, 6.07) is 13.6. The number of anilines is 1. The summed E-state index contributed by atoms with van der Waals surface area (Å²) in [7, 11) is 0. The summed E-state index contributed by atoms with van der Waals surface area (Å²) in [4.78, 5) is 22.5.